The topological polar surface area (TPSA) is 57.6 Å². The molecule has 1 aromatic heterocycles. The number of aryl methyl sites for hydroxylation is 3. The summed E-state index contributed by atoms with van der Waals surface area (Å²) >= 11 is 1.65. The van der Waals surface area contributed by atoms with Gasteiger partial charge in [-0.25, -0.2) is 9.98 Å². The number of hydrogen-bond acceptors (Lipinski definition) is 4. The lowest BCUT2D eigenvalue weighted by atomic mass is 10.0. The Morgan fingerprint density at radius 2 is 1.94 bits per heavy atom. The lowest BCUT2D eigenvalue weighted by Gasteiger charge is -2.11. The third-order valence-corrected chi connectivity index (χ3v) is 6.29. The van der Waals surface area contributed by atoms with Crippen molar-refractivity contribution in [2.45, 2.75) is 34.1 Å². The number of amides is 1. The number of benzene rings is 2. The zero-order chi connectivity index (χ0) is 22.5. The molecule has 5 nitrogen and oxygen atoms in total. The van der Waals surface area contributed by atoms with Gasteiger partial charge in [-0.05, 0) is 62.1 Å². The lowest BCUT2D eigenvalue weighted by molar-refractivity contribution is 0.0962. The van der Waals surface area contributed by atoms with E-state index in [0.29, 0.717) is 5.56 Å². The van der Waals surface area contributed by atoms with E-state index in [4.69, 9.17) is 4.98 Å². The third-order valence-electron chi connectivity index (χ3n) is 5.45. The second-order valence-electron chi connectivity index (χ2n) is 7.80. The molecule has 0 aliphatic carbocycles. The maximum absolute atomic E-state index is 12.1. The summed E-state index contributed by atoms with van der Waals surface area (Å²) in [5.41, 5.74) is 8.15. The number of thiazole rings is 1. The number of carbonyl (C=O) groups is 1. The van der Waals surface area contributed by atoms with Crippen LogP contribution in [0.1, 0.15) is 44.5 Å². The van der Waals surface area contributed by atoms with E-state index in [2.05, 4.69) is 53.5 Å². The van der Waals surface area contributed by atoms with E-state index >= 15 is 0 Å². The Morgan fingerprint density at radius 1 is 1.16 bits per heavy atom. The molecule has 0 saturated carbocycles. The van der Waals surface area contributed by atoms with Gasteiger partial charge in [0.15, 0.2) is 0 Å². The van der Waals surface area contributed by atoms with Crippen molar-refractivity contribution in [3.63, 3.8) is 0 Å². The molecule has 1 heterocycles. The summed E-state index contributed by atoms with van der Waals surface area (Å²) in [7, 11) is 3.67. The molecule has 2 aromatic carbocycles. The fourth-order valence-electron chi connectivity index (χ4n) is 3.28. The molecule has 3 aromatic rings. The van der Waals surface area contributed by atoms with Crippen LogP contribution in [0, 0.1) is 20.8 Å². The first kappa shape index (κ1) is 22.7. The molecule has 3 rings (SSSR count). The first-order valence-electron chi connectivity index (χ1n) is 10.4. The van der Waals surface area contributed by atoms with Crippen LogP contribution in [0.2, 0.25) is 0 Å². The SMILES string of the molecule is CCN(C)C=Nc1cc(C)c(Cc2nc(-c3ccc(C)c(C(=O)NC)c3)cs2)cc1C. The zero-order valence-corrected chi connectivity index (χ0v) is 19.9. The molecule has 162 valence electrons. The zero-order valence-electron chi connectivity index (χ0n) is 19.1. The Labute approximate surface area is 188 Å². The first-order chi connectivity index (χ1) is 14.8. The van der Waals surface area contributed by atoms with Crippen molar-refractivity contribution >= 4 is 29.3 Å². The van der Waals surface area contributed by atoms with Gasteiger partial charge in [-0.15, -0.1) is 11.3 Å². The lowest BCUT2D eigenvalue weighted by Crippen LogP contribution is -2.18. The van der Waals surface area contributed by atoms with Crippen LogP contribution in [0.3, 0.4) is 0 Å². The number of carbonyl (C=O) groups excluding carboxylic acids is 1. The Balaban J connectivity index is 1.82. The Hall–Kier alpha value is -2.99. The molecule has 0 bridgehead atoms. The van der Waals surface area contributed by atoms with Crippen molar-refractivity contribution in [3.05, 3.63) is 68.5 Å². The van der Waals surface area contributed by atoms with E-state index in [1.165, 1.54) is 11.1 Å². The summed E-state index contributed by atoms with van der Waals surface area (Å²) in [5.74, 6) is -0.0752. The largest absolute Gasteiger partial charge is 0.366 e. The normalized spacial score (nSPS) is 11.2. The molecule has 6 heteroatoms. The molecule has 0 aliphatic heterocycles. The van der Waals surface area contributed by atoms with E-state index in [1.54, 1.807) is 18.4 Å². The van der Waals surface area contributed by atoms with Crippen LogP contribution in [0.4, 0.5) is 5.69 Å². The smallest absolute Gasteiger partial charge is 0.251 e. The Kier molecular flexibility index (Phi) is 7.23. The van der Waals surface area contributed by atoms with E-state index in [0.717, 1.165) is 46.0 Å². The highest BCUT2D eigenvalue weighted by atomic mass is 32.1. The summed E-state index contributed by atoms with van der Waals surface area (Å²) in [6.07, 6.45) is 2.66. The fraction of sp³-hybridized carbons (Fsp3) is 0.320. The molecule has 0 atom stereocenters. The summed E-state index contributed by atoms with van der Waals surface area (Å²) in [6.45, 7) is 9.20. The minimum atomic E-state index is -0.0752. The van der Waals surface area contributed by atoms with Gasteiger partial charge >= 0.3 is 0 Å². The summed E-state index contributed by atoms with van der Waals surface area (Å²) in [4.78, 5) is 23.6. The highest BCUT2D eigenvalue weighted by Gasteiger charge is 2.12. The van der Waals surface area contributed by atoms with Crippen molar-refractivity contribution in [1.82, 2.24) is 15.2 Å². The highest BCUT2D eigenvalue weighted by molar-refractivity contribution is 7.10. The minimum Gasteiger partial charge on any atom is -0.366 e. The number of hydrogen-bond donors (Lipinski definition) is 1. The number of nitrogens with zero attached hydrogens (tertiary/aromatic N) is 3. The van der Waals surface area contributed by atoms with Gasteiger partial charge in [-0.3, -0.25) is 4.79 Å². The average molecular weight is 435 g/mol. The third kappa shape index (κ3) is 5.39. The average Bonchev–Trinajstić information content (AvgIpc) is 3.23. The van der Waals surface area contributed by atoms with Gasteiger partial charge in [-0.2, -0.15) is 0 Å². The summed E-state index contributed by atoms with van der Waals surface area (Å²) < 4.78 is 0. The van der Waals surface area contributed by atoms with Crippen molar-refractivity contribution in [1.29, 1.82) is 0 Å². The minimum absolute atomic E-state index is 0.0752. The predicted octanol–water partition coefficient (Wildman–Crippen LogP) is 5.30. The van der Waals surface area contributed by atoms with Gasteiger partial charge in [0.2, 0.25) is 0 Å². The Morgan fingerprint density at radius 3 is 2.65 bits per heavy atom. The standard InChI is InChI=1S/C25H30N4OS/c1-7-29(6)15-27-22-11-17(3)20(10-18(22)4)13-24-28-23(14-31-24)19-9-8-16(2)21(12-19)25(30)26-5/h8-12,14-15H,7,13H2,1-6H3,(H,26,30). The second-order valence-corrected chi connectivity index (χ2v) is 8.74. The quantitative estimate of drug-likeness (QED) is 0.406. The van der Waals surface area contributed by atoms with E-state index in [9.17, 15) is 4.79 Å². The molecular formula is C25H30N4OS. The van der Waals surface area contributed by atoms with Crippen molar-refractivity contribution < 1.29 is 4.79 Å². The van der Waals surface area contributed by atoms with Gasteiger partial charge < -0.3 is 10.2 Å². The monoisotopic (exact) mass is 434 g/mol. The van der Waals surface area contributed by atoms with E-state index in [-0.39, 0.29) is 5.91 Å². The van der Waals surface area contributed by atoms with Gasteiger partial charge in [0, 0.05) is 43.6 Å². The molecule has 0 fully saturated rings. The summed E-state index contributed by atoms with van der Waals surface area (Å²) in [5, 5.41) is 5.83. The van der Waals surface area contributed by atoms with Crippen LogP contribution in [-0.2, 0) is 6.42 Å². The van der Waals surface area contributed by atoms with Crippen LogP contribution in [0.5, 0.6) is 0 Å². The Bertz CT molecular complexity index is 1120. The van der Waals surface area contributed by atoms with Gasteiger partial charge in [0.05, 0.1) is 22.7 Å². The van der Waals surface area contributed by atoms with Crippen molar-refractivity contribution in [2.24, 2.45) is 4.99 Å². The van der Waals surface area contributed by atoms with Gasteiger partial charge in [-0.1, -0.05) is 18.2 Å². The second kappa shape index (κ2) is 9.88. The summed E-state index contributed by atoms with van der Waals surface area (Å²) in [6, 6.07) is 10.3. The molecule has 0 saturated heterocycles. The first-order valence-corrected chi connectivity index (χ1v) is 11.3. The maximum Gasteiger partial charge on any atom is 0.251 e. The molecule has 0 radical (unpaired) electrons. The van der Waals surface area contributed by atoms with Gasteiger partial charge in [0.1, 0.15) is 0 Å². The van der Waals surface area contributed by atoms with Crippen molar-refractivity contribution in [2.75, 3.05) is 20.6 Å². The molecule has 31 heavy (non-hydrogen) atoms. The van der Waals surface area contributed by atoms with Crippen LogP contribution >= 0.6 is 11.3 Å². The number of nitrogens with one attached hydrogen (secondary N) is 1. The number of aromatic nitrogens is 1. The maximum atomic E-state index is 12.1. The van der Waals surface area contributed by atoms with Crippen LogP contribution in [0.25, 0.3) is 11.3 Å². The van der Waals surface area contributed by atoms with Gasteiger partial charge in [0.25, 0.3) is 5.91 Å². The fourth-order valence-corrected chi connectivity index (χ4v) is 4.11. The van der Waals surface area contributed by atoms with Crippen LogP contribution in [0.15, 0.2) is 40.7 Å². The van der Waals surface area contributed by atoms with Crippen LogP contribution < -0.4 is 5.32 Å². The predicted molar refractivity (Wildman–Crippen MR) is 131 cm³/mol. The molecule has 0 spiro atoms. The molecule has 0 unspecified atom stereocenters. The number of aliphatic imine (C=N–C) groups is 1. The van der Waals surface area contributed by atoms with E-state index < -0.39 is 0 Å². The molecule has 1 N–H and O–H groups in total. The van der Waals surface area contributed by atoms with E-state index in [1.807, 2.05) is 38.5 Å². The molecular weight excluding hydrogens is 404 g/mol. The number of rotatable bonds is 7. The highest BCUT2D eigenvalue weighted by Crippen LogP contribution is 2.28. The van der Waals surface area contributed by atoms with Crippen LogP contribution in [-0.4, -0.2) is 42.8 Å². The molecule has 0 aliphatic rings. The van der Waals surface area contributed by atoms with Crippen molar-refractivity contribution in [3.8, 4) is 11.3 Å². The molecule has 1 amide bonds.